The van der Waals surface area contributed by atoms with E-state index >= 15 is 0 Å². The first-order valence-corrected chi connectivity index (χ1v) is 15.8. The molecule has 2 aliphatic rings. The summed E-state index contributed by atoms with van der Waals surface area (Å²) in [5.41, 5.74) is 3.90. The van der Waals surface area contributed by atoms with Crippen LogP contribution in [0.3, 0.4) is 0 Å². The Morgan fingerprint density at radius 1 is 0.867 bits per heavy atom. The maximum Gasteiger partial charge on any atom is 0.247 e. The summed E-state index contributed by atoms with van der Waals surface area (Å²) in [5, 5.41) is 9.03. The van der Waals surface area contributed by atoms with Crippen LogP contribution in [0.4, 0.5) is 0 Å². The van der Waals surface area contributed by atoms with E-state index in [9.17, 15) is 19.2 Å². The SMILES string of the molecule is CN[C@@H](C)C(=O)N[C@H]1CN(C(=O)Cc2ccc(C)cc2)CC[C@H]2CCC(C(=O)NC(c3ccccc3)c3ccccc3)N2C1=O. The Morgan fingerprint density at radius 2 is 1.49 bits per heavy atom. The van der Waals surface area contributed by atoms with Gasteiger partial charge in [-0.15, -0.1) is 0 Å². The van der Waals surface area contributed by atoms with Gasteiger partial charge in [0.05, 0.1) is 18.5 Å². The number of carbonyl (C=O) groups excluding carboxylic acids is 4. The predicted molar refractivity (Wildman–Crippen MR) is 173 cm³/mol. The number of rotatable bonds is 9. The number of fused-ring (bicyclic) bond motifs is 1. The average molecular weight is 610 g/mol. The van der Waals surface area contributed by atoms with Crippen LogP contribution in [0.1, 0.15) is 54.5 Å². The highest BCUT2D eigenvalue weighted by Crippen LogP contribution is 2.31. The van der Waals surface area contributed by atoms with E-state index in [1.807, 2.05) is 91.9 Å². The quantitative estimate of drug-likeness (QED) is 0.345. The number of hydrogen-bond acceptors (Lipinski definition) is 5. The molecule has 1 unspecified atom stereocenters. The van der Waals surface area contributed by atoms with Gasteiger partial charge in [-0.05, 0) is 56.8 Å². The molecule has 0 aromatic heterocycles. The highest BCUT2D eigenvalue weighted by atomic mass is 16.2. The van der Waals surface area contributed by atoms with Crippen LogP contribution < -0.4 is 16.0 Å². The number of carbonyl (C=O) groups is 4. The van der Waals surface area contributed by atoms with E-state index in [2.05, 4.69) is 16.0 Å². The molecule has 9 nitrogen and oxygen atoms in total. The zero-order chi connectivity index (χ0) is 31.9. The molecule has 2 heterocycles. The number of nitrogens with one attached hydrogen (secondary N) is 3. The van der Waals surface area contributed by atoms with Crippen LogP contribution in [-0.4, -0.2) is 77.7 Å². The molecular weight excluding hydrogens is 566 g/mol. The van der Waals surface area contributed by atoms with E-state index in [0.29, 0.717) is 25.8 Å². The third-order valence-electron chi connectivity index (χ3n) is 9.02. The second-order valence-electron chi connectivity index (χ2n) is 12.1. The fourth-order valence-corrected chi connectivity index (χ4v) is 6.27. The summed E-state index contributed by atoms with van der Waals surface area (Å²) in [5.74, 6) is -1.00. The molecule has 2 aliphatic heterocycles. The van der Waals surface area contributed by atoms with Gasteiger partial charge >= 0.3 is 0 Å². The lowest BCUT2D eigenvalue weighted by Crippen LogP contribution is -2.62. The lowest BCUT2D eigenvalue weighted by atomic mass is 9.98. The molecule has 9 heteroatoms. The van der Waals surface area contributed by atoms with Crippen molar-refractivity contribution in [3.8, 4) is 0 Å². The van der Waals surface area contributed by atoms with Gasteiger partial charge in [-0.2, -0.15) is 0 Å². The zero-order valence-electron chi connectivity index (χ0n) is 26.2. The number of amides is 4. The third-order valence-corrected chi connectivity index (χ3v) is 9.02. The van der Waals surface area contributed by atoms with Gasteiger partial charge in [0.25, 0.3) is 0 Å². The van der Waals surface area contributed by atoms with E-state index in [1.165, 1.54) is 0 Å². The van der Waals surface area contributed by atoms with Crippen molar-refractivity contribution in [3.63, 3.8) is 0 Å². The highest BCUT2D eigenvalue weighted by Gasteiger charge is 2.46. The lowest BCUT2D eigenvalue weighted by molar-refractivity contribution is -0.147. The van der Waals surface area contributed by atoms with Crippen molar-refractivity contribution < 1.29 is 19.2 Å². The van der Waals surface area contributed by atoms with E-state index in [0.717, 1.165) is 22.3 Å². The van der Waals surface area contributed by atoms with Gasteiger partial charge in [0.2, 0.25) is 23.6 Å². The second-order valence-corrected chi connectivity index (χ2v) is 12.1. The molecule has 0 spiro atoms. The van der Waals surface area contributed by atoms with Crippen molar-refractivity contribution in [3.05, 3.63) is 107 Å². The van der Waals surface area contributed by atoms with Crippen molar-refractivity contribution in [2.75, 3.05) is 20.1 Å². The summed E-state index contributed by atoms with van der Waals surface area (Å²) in [6.07, 6.45) is 1.91. The molecule has 3 aromatic carbocycles. The van der Waals surface area contributed by atoms with Crippen LogP contribution in [0.25, 0.3) is 0 Å². The van der Waals surface area contributed by atoms with Gasteiger partial charge in [-0.1, -0.05) is 90.5 Å². The number of aryl methyl sites for hydroxylation is 1. The van der Waals surface area contributed by atoms with Crippen LogP contribution in [0.15, 0.2) is 84.9 Å². The fraction of sp³-hybridized carbons (Fsp3) is 0.389. The van der Waals surface area contributed by atoms with Gasteiger partial charge < -0.3 is 25.8 Å². The molecule has 4 amide bonds. The molecule has 3 aromatic rings. The van der Waals surface area contributed by atoms with Gasteiger partial charge in [0, 0.05) is 19.1 Å². The van der Waals surface area contributed by atoms with Crippen molar-refractivity contribution in [1.82, 2.24) is 25.8 Å². The minimum absolute atomic E-state index is 0.0416. The highest BCUT2D eigenvalue weighted by molar-refractivity contribution is 5.94. The van der Waals surface area contributed by atoms with Crippen molar-refractivity contribution in [1.29, 1.82) is 0 Å². The minimum atomic E-state index is -0.981. The summed E-state index contributed by atoms with van der Waals surface area (Å²) in [4.78, 5) is 58.2. The maximum absolute atomic E-state index is 14.3. The first-order valence-electron chi connectivity index (χ1n) is 15.8. The Morgan fingerprint density at radius 3 is 2.09 bits per heavy atom. The largest absolute Gasteiger partial charge is 0.343 e. The minimum Gasteiger partial charge on any atom is -0.343 e. The van der Waals surface area contributed by atoms with Crippen molar-refractivity contribution >= 4 is 23.6 Å². The second kappa shape index (κ2) is 14.5. The first-order chi connectivity index (χ1) is 21.7. The summed E-state index contributed by atoms with van der Waals surface area (Å²) >= 11 is 0. The number of likely N-dealkylation sites (N-methyl/N-ethyl adjacent to an activating group) is 1. The Bertz CT molecular complexity index is 1440. The Labute approximate surface area is 265 Å². The van der Waals surface area contributed by atoms with Crippen LogP contribution in [0.5, 0.6) is 0 Å². The van der Waals surface area contributed by atoms with Crippen molar-refractivity contribution in [2.24, 2.45) is 0 Å². The molecular formula is C36H43N5O4. The van der Waals surface area contributed by atoms with Gasteiger partial charge in [0.15, 0.2) is 0 Å². The van der Waals surface area contributed by atoms with E-state index in [1.54, 1.807) is 23.8 Å². The summed E-state index contributed by atoms with van der Waals surface area (Å²) in [6.45, 7) is 4.18. The Kier molecular flexibility index (Phi) is 10.3. The fourth-order valence-electron chi connectivity index (χ4n) is 6.27. The monoisotopic (exact) mass is 609 g/mol. The molecule has 5 rings (SSSR count). The van der Waals surface area contributed by atoms with E-state index < -0.39 is 18.1 Å². The van der Waals surface area contributed by atoms with Crippen LogP contribution in [0.2, 0.25) is 0 Å². The number of nitrogens with zero attached hydrogens (tertiary/aromatic N) is 2. The standard InChI is InChI=1S/C36H43N5O4/c1-24-14-16-26(17-15-24)22-32(42)40-21-20-29-18-19-31(41(29)36(45)30(23-40)38-34(43)25(2)37-3)35(44)39-33(27-10-6-4-7-11-27)28-12-8-5-9-13-28/h4-17,25,29-31,33,37H,18-23H2,1-3H3,(H,38,43)(H,39,44)/t25-,29+,30-,31?/m0/s1. The van der Waals surface area contributed by atoms with Crippen LogP contribution in [0, 0.1) is 6.92 Å². The van der Waals surface area contributed by atoms with E-state index in [4.69, 9.17) is 0 Å². The Balaban J connectivity index is 1.38. The molecule has 0 aliphatic carbocycles. The predicted octanol–water partition coefficient (Wildman–Crippen LogP) is 3.13. The lowest BCUT2D eigenvalue weighted by Gasteiger charge is -2.39. The first kappa shape index (κ1) is 31.9. The third kappa shape index (κ3) is 7.60. The van der Waals surface area contributed by atoms with Crippen molar-refractivity contribution in [2.45, 2.75) is 69.7 Å². The summed E-state index contributed by atoms with van der Waals surface area (Å²) in [6, 6.07) is 24.6. The van der Waals surface area contributed by atoms with Crippen LogP contribution >= 0.6 is 0 Å². The molecule has 2 fully saturated rings. The smallest absolute Gasteiger partial charge is 0.247 e. The maximum atomic E-state index is 14.3. The molecule has 2 saturated heterocycles. The normalized spacial score (nSPS) is 20.6. The zero-order valence-corrected chi connectivity index (χ0v) is 26.2. The molecule has 0 bridgehead atoms. The van der Waals surface area contributed by atoms with E-state index in [-0.39, 0.29) is 48.7 Å². The molecule has 45 heavy (non-hydrogen) atoms. The van der Waals surface area contributed by atoms with Gasteiger partial charge in [-0.3, -0.25) is 19.2 Å². The average Bonchev–Trinajstić information content (AvgIpc) is 3.48. The summed E-state index contributed by atoms with van der Waals surface area (Å²) < 4.78 is 0. The topological polar surface area (TPSA) is 111 Å². The molecule has 3 N–H and O–H groups in total. The Hall–Kier alpha value is -4.50. The van der Waals surface area contributed by atoms with Gasteiger partial charge in [0.1, 0.15) is 12.1 Å². The molecule has 0 saturated carbocycles. The molecule has 0 radical (unpaired) electrons. The van der Waals surface area contributed by atoms with Gasteiger partial charge in [-0.25, -0.2) is 0 Å². The number of benzene rings is 3. The molecule has 4 atom stereocenters. The molecule has 236 valence electrons. The van der Waals surface area contributed by atoms with Crippen LogP contribution in [-0.2, 0) is 25.6 Å². The summed E-state index contributed by atoms with van der Waals surface area (Å²) in [7, 11) is 1.67. The number of hydrogen-bond donors (Lipinski definition) is 3.